The molecule has 5 heteroatoms. The molecule has 0 unspecified atom stereocenters. The predicted molar refractivity (Wildman–Crippen MR) is 113 cm³/mol. The number of carbonyl (C=O) groups is 1. The molecular weight excluding hydrogens is 366 g/mol. The van der Waals surface area contributed by atoms with Crippen molar-refractivity contribution in [1.82, 2.24) is 4.90 Å². The molecule has 0 fully saturated rings. The van der Waals surface area contributed by atoms with Gasteiger partial charge in [-0.05, 0) is 42.4 Å². The zero-order valence-corrected chi connectivity index (χ0v) is 16.5. The first-order valence-corrected chi connectivity index (χ1v) is 9.51. The molecule has 3 rings (SSSR count). The third-order valence-corrected chi connectivity index (χ3v) is 4.44. The van der Waals surface area contributed by atoms with Crippen LogP contribution in [-0.2, 0) is 11.4 Å². The van der Waals surface area contributed by atoms with Crippen molar-refractivity contribution in [3.8, 4) is 22.6 Å². The number of carboxylic acids is 1. The van der Waals surface area contributed by atoms with Gasteiger partial charge in [0.1, 0.15) is 24.7 Å². The fourth-order valence-corrected chi connectivity index (χ4v) is 2.94. The first-order chi connectivity index (χ1) is 14.1. The normalized spacial score (nSPS) is 10.7. The van der Waals surface area contributed by atoms with E-state index < -0.39 is 5.97 Å². The molecule has 150 valence electrons. The summed E-state index contributed by atoms with van der Waals surface area (Å²) in [5.41, 5.74) is 3.16. The number of ether oxygens (including phenoxy) is 2. The first kappa shape index (κ1) is 20.4. The molecule has 29 heavy (non-hydrogen) atoms. The third kappa shape index (κ3) is 6.36. The minimum absolute atomic E-state index is 0.0136. The summed E-state index contributed by atoms with van der Waals surface area (Å²) in [6.45, 7) is 1.28. The van der Waals surface area contributed by atoms with Crippen LogP contribution in [0, 0.1) is 0 Å². The number of para-hydroxylation sites is 1. The highest BCUT2D eigenvalue weighted by Crippen LogP contribution is 2.28. The number of likely N-dealkylation sites (N-methyl/N-ethyl adjacent to an activating group) is 1. The van der Waals surface area contributed by atoms with E-state index in [0.29, 0.717) is 19.8 Å². The second-order valence-corrected chi connectivity index (χ2v) is 6.77. The van der Waals surface area contributed by atoms with E-state index in [-0.39, 0.29) is 6.54 Å². The van der Waals surface area contributed by atoms with Crippen molar-refractivity contribution in [3.05, 3.63) is 84.4 Å². The van der Waals surface area contributed by atoms with Crippen molar-refractivity contribution in [1.29, 1.82) is 0 Å². The van der Waals surface area contributed by atoms with Gasteiger partial charge in [0.05, 0.1) is 6.54 Å². The summed E-state index contributed by atoms with van der Waals surface area (Å²) >= 11 is 0. The number of nitrogens with zero attached hydrogens (tertiary/aromatic N) is 1. The van der Waals surface area contributed by atoms with Gasteiger partial charge in [0.2, 0.25) is 0 Å². The fourth-order valence-electron chi connectivity index (χ4n) is 2.94. The molecule has 0 radical (unpaired) electrons. The summed E-state index contributed by atoms with van der Waals surface area (Å²) in [6.07, 6.45) is 0. The zero-order chi connectivity index (χ0) is 20.5. The molecule has 3 aromatic rings. The topological polar surface area (TPSA) is 59.0 Å². The SMILES string of the molecule is CN(CCOc1ccc(-c2ccccc2)cc1COc1ccccc1)CC(=O)O. The lowest BCUT2D eigenvalue weighted by Gasteiger charge is -2.17. The Bertz CT molecular complexity index is 913. The molecule has 0 aliphatic heterocycles. The van der Waals surface area contributed by atoms with Gasteiger partial charge < -0.3 is 14.6 Å². The summed E-state index contributed by atoms with van der Waals surface area (Å²) in [7, 11) is 1.76. The Balaban J connectivity index is 1.73. The van der Waals surface area contributed by atoms with Gasteiger partial charge in [-0.1, -0.05) is 54.6 Å². The fraction of sp³-hybridized carbons (Fsp3) is 0.208. The molecule has 0 aliphatic carbocycles. The molecule has 3 aromatic carbocycles. The van der Waals surface area contributed by atoms with E-state index in [4.69, 9.17) is 14.6 Å². The van der Waals surface area contributed by atoms with E-state index >= 15 is 0 Å². The van der Waals surface area contributed by atoms with Crippen LogP contribution in [0.5, 0.6) is 11.5 Å². The average molecular weight is 391 g/mol. The molecule has 0 saturated carbocycles. The Morgan fingerprint density at radius 3 is 2.28 bits per heavy atom. The predicted octanol–water partition coefficient (Wildman–Crippen LogP) is 4.33. The minimum Gasteiger partial charge on any atom is -0.492 e. The lowest BCUT2D eigenvalue weighted by Crippen LogP contribution is -2.29. The van der Waals surface area contributed by atoms with Crippen molar-refractivity contribution >= 4 is 5.97 Å². The quantitative estimate of drug-likeness (QED) is 0.558. The third-order valence-electron chi connectivity index (χ3n) is 4.44. The first-order valence-electron chi connectivity index (χ1n) is 9.51. The van der Waals surface area contributed by atoms with Gasteiger partial charge in [0.15, 0.2) is 0 Å². The molecule has 0 atom stereocenters. The maximum absolute atomic E-state index is 10.8. The van der Waals surface area contributed by atoms with Crippen molar-refractivity contribution in [3.63, 3.8) is 0 Å². The molecule has 0 aliphatic rings. The van der Waals surface area contributed by atoms with Crippen molar-refractivity contribution in [2.75, 3.05) is 26.7 Å². The number of hydrogen-bond acceptors (Lipinski definition) is 4. The molecule has 0 heterocycles. The van der Waals surface area contributed by atoms with Crippen LogP contribution in [0.25, 0.3) is 11.1 Å². The van der Waals surface area contributed by atoms with Crippen LogP contribution in [0.15, 0.2) is 78.9 Å². The Kier molecular flexibility index (Phi) is 7.25. The number of benzene rings is 3. The Morgan fingerprint density at radius 1 is 0.897 bits per heavy atom. The summed E-state index contributed by atoms with van der Waals surface area (Å²) in [5, 5.41) is 8.86. The van der Waals surface area contributed by atoms with Gasteiger partial charge in [0, 0.05) is 12.1 Å². The van der Waals surface area contributed by atoms with Gasteiger partial charge >= 0.3 is 5.97 Å². The second kappa shape index (κ2) is 10.3. The van der Waals surface area contributed by atoms with E-state index in [1.54, 1.807) is 11.9 Å². The van der Waals surface area contributed by atoms with E-state index in [2.05, 4.69) is 18.2 Å². The minimum atomic E-state index is -0.850. The summed E-state index contributed by atoms with van der Waals surface area (Å²) in [6, 6.07) is 25.9. The van der Waals surface area contributed by atoms with Crippen LogP contribution in [-0.4, -0.2) is 42.7 Å². The maximum Gasteiger partial charge on any atom is 0.317 e. The highest BCUT2D eigenvalue weighted by atomic mass is 16.5. The monoisotopic (exact) mass is 391 g/mol. The van der Waals surface area contributed by atoms with Crippen molar-refractivity contribution in [2.24, 2.45) is 0 Å². The highest BCUT2D eigenvalue weighted by Gasteiger charge is 2.10. The summed E-state index contributed by atoms with van der Waals surface area (Å²) in [4.78, 5) is 12.5. The number of rotatable bonds is 10. The van der Waals surface area contributed by atoms with E-state index in [1.165, 1.54) is 0 Å². The summed E-state index contributed by atoms with van der Waals surface area (Å²) < 4.78 is 11.9. The number of aliphatic carboxylic acids is 1. The Morgan fingerprint density at radius 2 is 1.59 bits per heavy atom. The van der Waals surface area contributed by atoms with Gasteiger partial charge in [-0.3, -0.25) is 9.69 Å². The van der Waals surface area contributed by atoms with Crippen LogP contribution >= 0.6 is 0 Å². The molecule has 0 amide bonds. The van der Waals surface area contributed by atoms with Crippen LogP contribution in [0.2, 0.25) is 0 Å². The van der Waals surface area contributed by atoms with Gasteiger partial charge in [-0.2, -0.15) is 0 Å². The average Bonchev–Trinajstić information content (AvgIpc) is 2.73. The van der Waals surface area contributed by atoms with E-state index in [9.17, 15) is 4.79 Å². The second-order valence-electron chi connectivity index (χ2n) is 6.77. The van der Waals surface area contributed by atoms with Crippen LogP contribution in [0.1, 0.15) is 5.56 Å². The maximum atomic E-state index is 10.8. The van der Waals surface area contributed by atoms with E-state index in [1.807, 2.05) is 60.7 Å². The molecule has 5 nitrogen and oxygen atoms in total. The highest BCUT2D eigenvalue weighted by molar-refractivity contribution is 5.69. The standard InChI is InChI=1S/C24H25NO4/c1-25(17-24(26)27)14-15-28-23-13-12-20(19-8-4-2-5-9-19)16-21(23)18-29-22-10-6-3-7-11-22/h2-13,16H,14-15,17-18H2,1H3,(H,26,27). The largest absolute Gasteiger partial charge is 0.492 e. The van der Waals surface area contributed by atoms with Gasteiger partial charge in [-0.15, -0.1) is 0 Å². The molecular formula is C24H25NO4. The molecule has 0 aromatic heterocycles. The van der Waals surface area contributed by atoms with Crippen molar-refractivity contribution < 1.29 is 19.4 Å². The van der Waals surface area contributed by atoms with Crippen LogP contribution in [0.3, 0.4) is 0 Å². The summed E-state index contributed by atoms with van der Waals surface area (Å²) in [5.74, 6) is 0.686. The molecule has 1 N–H and O–H groups in total. The molecule has 0 bridgehead atoms. The Hall–Kier alpha value is -3.31. The Labute approximate surface area is 171 Å². The van der Waals surface area contributed by atoms with Crippen LogP contribution < -0.4 is 9.47 Å². The van der Waals surface area contributed by atoms with E-state index in [0.717, 1.165) is 28.2 Å². The molecule has 0 saturated heterocycles. The van der Waals surface area contributed by atoms with Crippen LogP contribution in [0.4, 0.5) is 0 Å². The lowest BCUT2D eigenvalue weighted by molar-refractivity contribution is -0.138. The number of hydrogen-bond donors (Lipinski definition) is 1. The van der Waals surface area contributed by atoms with Crippen molar-refractivity contribution in [2.45, 2.75) is 6.61 Å². The van der Waals surface area contributed by atoms with Gasteiger partial charge in [-0.25, -0.2) is 0 Å². The number of carboxylic acid groups (broad SMARTS) is 1. The molecule has 0 spiro atoms. The zero-order valence-electron chi connectivity index (χ0n) is 16.5. The van der Waals surface area contributed by atoms with Gasteiger partial charge in [0.25, 0.3) is 0 Å². The smallest absolute Gasteiger partial charge is 0.317 e. The lowest BCUT2D eigenvalue weighted by atomic mass is 10.0.